The van der Waals surface area contributed by atoms with E-state index in [0.29, 0.717) is 5.52 Å². The third-order valence-corrected chi connectivity index (χ3v) is 7.18. The van der Waals surface area contributed by atoms with E-state index in [-0.39, 0.29) is 38.9 Å². The van der Waals surface area contributed by atoms with Crippen LogP contribution in [0.5, 0.6) is 17.2 Å². The minimum Gasteiger partial charge on any atom is -0.496 e. The zero-order chi connectivity index (χ0) is 28.9. The molecule has 0 amide bonds. The SMILES string of the molecule is COc1cc(Oc2ccc(C(C)C(O)(c3ccc4c(c3)n(C)c(=O)n4C)C(F)(F)F)c(Cl)c2)ccc1C(=O)O. The van der Waals surface area contributed by atoms with Crippen molar-refractivity contribution in [2.45, 2.75) is 24.6 Å². The van der Waals surface area contributed by atoms with Gasteiger partial charge in [0, 0.05) is 31.1 Å². The lowest BCUT2D eigenvalue weighted by atomic mass is 9.77. The second kappa shape index (κ2) is 9.97. The highest BCUT2D eigenvalue weighted by molar-refractivity contribution is 6.31. The molecule has 12 heteroatoms. The summed E-state index contributed by atoms with van der Waals surface area (Å²) in [6, 6.07) is 11.7. The van der Waals surface area contributed by atoms with E-state index in [1.54, 1.807) is 0 Å². The number of rotatable bonds is 7. The maximum atomic E-state index is 14.5. The number of ether oxygens (including phenoxy) is 2. The third kappa shape index (κ3) is 4.72. The van der Waals surface area contributed by atoms with Crippen molar-refractivity contribution < 1.29 is 37.7 Å². The molecule has 0 bridgehead atoms. The van der Waals surface area contributed by atoms with Crippen LogP contribution in [0.25, 0.3) is 11.0 Å². The molecule has 2 N–H and O–H groups in total. The number of alkyl halides is 3. The lowest BCUT2D eigenvalue weighted by Crippen LogP contribution is -2.46. The number of aryl methyl sites for hydroxylation is 2. The van der Waals surface area contributed by atoms with Crippen LogP contribution in [0.1, 0.15) is 34.3 Å². The number of aliphatic hydroxyl groups is 1. The Morgan fingerprint density at radius 1 is 0.974 bits per heavy atom. The third-order valence-electron chi connectivity index (χ3n) is 6.85. The van der Waals surface area contributed by atoms with Gasteiger partial charge in [-0.1, -0.05) is 30.7 Å². The lowest BCUT2D eigenvalue weighted by molar-refractivity contribution is -0.274. The fourth-order valence-corrected chi connectivity index (χ4v) is 4.93. The van der Waals surface area contributed by atoms with Gasteiger partial charge in [-0.15, -0.1) is 0 Å². The molecule has 0 fully saturated rings. The summed E-state index contributed by atoms with van der Waals surface area (Å²) in [5.74, 6) is -2.32. The molecule has 39 heavy (non-hydrogen) atoms. The quantitative estimate of drug-likeness (QED) is 0.304. The molecule has 0 spiro atoms. The molecule has 1 heterocycles. The molecule has 1 aromatic heterocycles. The molecule has 0 aliphatic carbocycles. The first-order chi connectivity index (χ1) is 18.2. The normalized spacial score (nSPS) is 14.2. The second-order valence-electron chi connectivity index (χ2n) is 9.04. The Morgan fingerprint density at radius 2 is 1.59 bits per heavy atom. The smallest absolute Gasteiger partial charge is 0.422 e. The topological polar surface area (TPSA) is 103 Å². The van der Waals surface area contributed by atoms with Crippen LogP contribution >= 0.6 is 11.6 Å². The van der Waals surface area contributed by atoms with Crippen LogP contribution in [0.2, 0.25) is 5.02 Å². The van der Waals surface area contributed by atoms with Crippen molar-refractivity contribution in [1.82, 2.24) is 9.13 Å². The van der Waals surface area contributed by atoms with Gasteiger partial charge in [0.1, 0.15) is 22.8 Å². The van der Waals surface area contributed by atoms with Crippen molar-refractivity contribution in [3.63, 3.8) is 0 Å². The Kier molecular flexibility index (Phi) is 7.18. The van der Waals surface area contributed by atoms with Gasteiger partial charge in [-0.2, -0.15) is 13.2 Å². The number of halogens is 4. The van der Waals surface area contributed by atoms with E-state index < -0.39 is 34.9 Å². The fraction of sp³-hybridized carbons (Fsp3) is 0.259. The first-order valence-corrected chi connectivity index (χ1v) is 11.9. The average Bonchev–Trinajstić information content (AvgIpc) is 3.10. The van der Waals surface area contributed by atoms with E-state index in [9.17, 15) is 33.0 Å². The highest BCUT2D eigenvalue weighted by atomic mass is 35.5. The number of methoxy groups -OCH3 is 1. The van der Waals surface area contributed by atoms with E-state index in [1.165, 1.54) is 79.7 Å². The number of carboxylic acid groups (broad SMARTS) is 1. The monoisotopic (exact) mass is 564 g/mol. The van der Waals surface area contributed by atoms with Crippen LogP contribution in [0.3, 0.4) is 0 Å². The number of carboxylic acids is 1. The number of hydrogen-bond acceptors (Lipinski definition) is 5. The molecule has 8 nitrogen and oxygen atoms in total. The summed E-state index contributed by atoms with van der Waals surface area (Å²) in [6.07, 6.45) is -5.10. The van der Waals surface area contributed by atoms with Crippen molar-refractivity contribution >= 4 is 28.6 Å². The summed E-state index contributed by atoms with van der Waals surface area (Å²) in [6.45, 7) is 1.21. The molecule has 2 unspecified atom stereocenters. The summed E-state index contributed by atoms with van der Waals surface area (Å²) in [7, 11) is 4.24. The minimum absolute atomic E-state index is 0.00435. The number of imidazole rings is 1. The molecule has 3 aromatic carbocycles. The standard InChI is InChI=1S/C27H24ClF3N2O6/c1-14(26(37,27(29,30)31)15-5-10-21-22(11-15)33(3)25(36)32(21)2)18-8-6-16(12-20(18)28)39-17-7-9-19(24(34)35)23(13-17)38-4/h5-14,37H,1-4H3,(H,34,35). The fourth-order valence-electron chi connectivity index (χ4n) is 4.60. The van der Waals surface area contributed by atoms with Gasteiger partial charge in [-0.25, -0.2) is 9.59 Å². The Bertz CT molecular complexity index is 1650. The lowest BCUT2D eigenvalue weighted by Gasteiger charge is -2.37. The van der Waals surface area contributed by atoms with Crippen LogP contribution in [-0.2, 0) is 19.7 Å². The molecule has 0 aliphatic rings. The Balaban J connectivity index is 1.72. The van der Waals surface area contributed by atoms with Gasteiger partial charge in [0.2, 0.25) is 0 Å². The van der Waals surface area contributed by atoms with Crippen LogP contribution in [-0.4, -0.2) is 38.6 Å². The number of benzene rings is 3. The summed E-state index contributed by atoms with van der Waals surface area (Å²) in [4.78, 5) is 23.6. The molecular weight excluding hydrogens is 541 g/mol. The maximum Gasteiger partial charge on any atom is 0.422 e. The maximum absolute atomic E-state index is 14.5. The van der Waals surface area contributed by atoms with Gasteiger partial charge in [-0.3, -0.25) is 9.13 Å². The molecule has 2 atom stereocenters. The van der Waals surface area contributed by atoms with E-state index in [4.69, 9.17) is 21.1 Å². The summed E-state index contributed by atoms with van der Waals surface area (Å²) < 4.78 is 56.9. The molecule has 0 saturated carbocycles. The molecule has 206 valence electrons. The summed E-state index contributed by atoms with van der Waals surface area (Å²) in [5.41, 5.74) is -3.64. The number of fused-ring (bicyclic) bond motifs is 1. The number of carbonyl (C=O) groups is 1. The van der Waals surface area contributed by atoms with E-state index in [1.807, 2.05) is 0 Å². The molecule has 4 aromatic rings. The molecule has 0 radical (unpaired) electrons. The van der Waals surface area contributed by atoms with Gasteiger partial charge in [0.05, 0.1) is 18.1 Å². The van der Waals surface area contributed by atoms with Gasteiger partial charge in [0.15, 0.2) is 5.60 Å². The number of nitrogens with zero attached hydrogens (tertiary/aromatic N) is 2. The zero-order valence-corrected chi connectivity index (χ0v) is 22.0. The van der Waals surface area contributed by atoms with Crippen molar-refractivity contribution in [2.75, 3.05) is 7.11 Å². The average molecular weight is 565 g/mol. The van der Waals surface area contributed by atoms with Crippen molar-refractivity contribution in [1.29, 1.82) is 0 Å². The number of aromatic carboxylic acids is 1. The van der Waals surface area contributed by atoms with Crippen molar-refractivity contribution in [2.24, 2.45) is 14.1 Å². The Labute approximate surface area is 225 Å². The van der Waals surface area contributed by atoms with Crippen molar-refractivity contribution in [3.05, 3.63) is 86.8 Å². The predicted octanol–water partition coefficient (Wildman–Crippen LogP) is 5.58. The van der Waals surface area contributed by atoms with E-state index in [2.05, 4.69) is 0 Å². The van der Waals surface area contributed by atoms with Gasteiger partial charge in [-0.05, 0) is 47.5 Å². The first-order valence-electron chi connectivity index (χ1n) is 11.5. The number of hydrogen-bond donors (Lipinski definition) is 2. The predicted molar refractivity (Wildman–Crippen MR) is 138 cm³/mol. The zero-order valence-electron chi connectivity index (χ0n) is 21.2. The van der Waals surface area contributed by atoms with E-state index in [0.717, 1.165) is 12.1 Å². The van der Waals surface area contributed by atoms with Crippen LogP contribution < -0.4 is 15.2 Å². The van der Waals surface area contributed by atoms with Gasteiger partial charge < -0.3 is 19.7 Å². The Morgan fingerprint density at radius 3 is 2.18 bits per heavy atom. The molecule has 4 rings (SSSR count). The molecule has 0 saturated heterocycles. The van der Waals surface area contributed by atoms with Crippen LogP contribution in [0.15, 0.2) is 59.4 Å². The van der Waals surface area contributed by atoms with Gasteiger partial charge in [0.25, 0.3) is 0 Å². The highest BCUT2D eigenvalue weighted by Gasteiger charge is 2.59. The second-order valence-corrected chi connectivity index (χ2v) is 9.45. The summed E-state index contributed by atoms with van der Waals surface area (Å²) in [5, 5.41) is 20.4. The van der Waals surface area contributed by atoms with Crippen LogP contribution in [0, 0.1) is 0 Å². The minimum atomic E-state index is -5.10. The largest absolute Gasteiger partial charge is 0.496 e. The summed E-state index contributed by atoms with van der Waals surface area (Å²) >= 11 is 6.39. The van der Waals surface area contributed by atoms with Crippen molar-refractivity contribution in [3.8, 4) is 17.2 Å². The molecule has 0 aliphatic heterocycles. The van der Waals surface area contributed by atoms with E-state index >= 15 is 0 Å². The first kappa shape index (κ1) is 28.1. The Hall–Kier alpha value is -3.96. The number of aromatic nitrogens is 2. The highest BCUT2D eigenvalue weighted by Crippen LogP contribution is 2.50. The van der Waals surface area contributed by atoms with Crippen LogP contribution in [0.4, 0.5) is 13.2 Å². The van der Waals surface area contributed by atoms with Gasteiger partial charge >= 0.3 is 17.8 Å². The molecular formula is C27H24ClF3N2O6.